The van der Waals surface area contributed by atoms with E-state index in [0.717, 1.165) is 5.01 Å². The zero-order chi connectivity index (χ0) is 14.0. The first-order chi connectivity index (χ1) is 8.86. The van der Waals surface area contributed by atoms with Gasteiger partial charge in [-0.2, -0.15) is 0 Å². The predicted molar refractivity (Wildman–Crippen MR) is 77.0 cm³/mol. The van der Waals surface area contributed by atoms with Crippen molar-refractivity contribution in [1.82, 2.24) is 4.98 Å². The van der Waals surface area contributed by atoms with Gasteiger partial charge >= 0.3 is 0 Å². The van der Waals surface area contributed by atoms with Crippen molar-refractivity contribution in [2.24, 2.45) is 5.14 Å². The molecule has 102 valence electrons. The van der Waals surface area contributed by atoms with Gasteiger partial charge in [0.25, 0.3) is 0 Å². The Labute approximate surface area is 120 Å². The molecule has 0 aliphatic heterocycles. The monoisotopic (exact) mass is 317 g/mol. The summed E-state index contributed by atoms with van der Waals surface area (Å²) in [5.41, 5.74) is 1.28. The second kappa shape index (κ2) is 5.46. The molecule has 2 aromatic rings. The average Bonchev–Trinajstić information content (AvgIpc) is 2.72. The molecule has 0 atom stereocenters. The minimum atomic E-state index is -3.71. The third-order valence-corrected chi connectivity index (χ3v) is 4.63. The van der Waals surface area contributed by atoms with Crippen molar-refractivity contribution in [2.75, 3.05) is 5.32 Å². The zero-order valence-electron chi connectivity index (χ0n) is 10.1. The molecule has 0 bridgehead atoms. The lowest BCUT2D eigenvalue weighted by Crippen LogP contribution is -2.14. The number of nitrogens with two attached hydrogens (primary N) is 1. The first-order valence-electron chi connectivity index (χ1n) is 5.34. The van der Waals surface area contributed by atoms with Crippen molar-refractivity contribution in [2.45, 2.75) is 18.4 Å². The smallest absolute Gasteiger partial charge is 0.238 e. The highest BCUT2D eigenvalue weighted by atomic mass is 35.5. The van der Waals surface area contributed by atoms with Crippen LogP contribution in [-0.2, 0) is 16.6 Å². The van der Waals surface area contributed by atoms with E-state index < -0.39 is 10.0 Å². The summed E-state index contributed by atoms with van der Waals surface area (Å²) in [6.45, 7) is 2.18. The van der Waals surface area contributed by atoms with Crippen molar-refractivity contribution in [3.8, 4) is 0 Å². The van der Waals surface area contributed by atoms with Gasteiger partial charge in [0.2, 0.25) is 10.0 Å². The molecule has 0 radical (unpaired) electrons. The van der Waals surface area contributed by atoms with Gasteiger partial charge < -0.3 is 5.32 Å². The van der Waals surface area contributed by atoms with E-state index in [-0.39, 0.29) is 4.90 Å². The number of nitrogens with one attached hydrogen (secondary N) is 1. The summed E-state index contributed by atoms with van der Waals surface area (Å²) in [6, 6.07) is 5.01. The summed E-state index contributed by atoms with van der Waals surface area (Å²) < 4.78 is 23.4. The number of primary sulfonamides is 1. The molecule has 0 amide bonds. The minimum absolute atomic E-state index is 0.120. The van der Waals surface area contributed by atoms with Gasteiger partial charge in [-0.1, -0.05) is 17.7 Å². The number of benzene rings is 1. The van der Waals surface area contributed by atoms with Crippen molar-refractivity contribution in [3.05, 3.63) is 39.3 Å². The van der Waals surface area contributed by atoms with E-state index in [2.05, 4.69) is 10.3 Å². The maximum atomic E-state index is 11.4. The molecule has 1 aromatic carbocycles. The number of aromatic nitrogens is 1. The van der Waals surface area contributed by atoms with E-state index in [0.29, 0.717) is 22.1 Å². The second-order valence-electron chi connectivity index (χ2n) is 3.94. The first kappa shape index (κ1) is 14.3. The first-order valence-corrected chi connectivity index (χ1v) is 8.08. The molecule has 0 fully saturated rings. The van der Waals surface area contributed by atoms with E-state index in [1.165, 1.54) is 17.4 Å². The normalized spacial score (nSPS) is 11.5. The average molecular weight is 318 g/mol. The summed E-state index contributed by atoms with van der Waals surface area (Å²) in [4.78, 5) is 4.22. The molecule has 0 aliphatic carbocycles. The SMILES string of the molecule is Cc1ccc(NCc2ncc(Cl)s2)cc1S(N)(=O)=O. The van der Waals surface area contributed by atoms with Crippen molar-refractivity contribution in [1.29, 1.82) is 0 Å². The van der Waals surface area contributed by atoms with Crippen LogP contribution in [0, 0.1) is 6.92 Å². The van der Waals surface area contributed by atoms with Crippen LogP contribution in [0.25, 0.3) is 0 Å². The number of nitrogens with zero attached hydrogens (tertiary/aromatic N) is 1. The molecule has 3 N–H and O–H groups in total. The Balaban J connectivity index is 2.18. The molecular formula is C11H12ClN3O2S2. The standard InChI is InChI=1S/C11H12ClN3O2S2/c1-7-2-3-8(4-9(7)19(13,16)17)14-6-11-15-5-10(12)18-11/h2-5,14H,6H2,1H3,(H2,13,16,17). The molecule has 1 heterocycles. The lowest BCUT2D eigenvalue weighted by Gasteiger charge is -2.08. The molecule has 0 aliphatic rings. The topological polar surface area (TPSA) is 85.1 Å². The fourth-order valence-corrected chi connectivity index (χ4v) is 3.27. The molecular weight excluding hydrogens is 306 g/mol. The van der Waals surface area contributed by atoms with Gasteiger partial charge in [-0.05, 0) is 24.6 Å². The van der Waals surface area contributed by atoms with Crippen molar-refractivity contribution < 1.29 is 8.42 Å². The van der Waals surface area contributed by atoms with Gasteiger partial charge in [0.1, 0.15) is 9.34 Å². The Bertz CT molecular complexity index is 698. The van der Waals surface area contributed by atoms with Crippen LogP contribution in [0.15, 0.2) is 29.3 Å². The molecule has 8 heteroatoms. The molecule has 5 nitrogen and oxygen atoms in total. The Morgan fingerprint density at radius 2 is 2.21 bits per heavy atom. The quantitative estimate of drug-likeness (QED) is 0.906. The maximum Gasteiger partial charge on any atom is 0.238 e. The van der Waals surface area contributed by atoms with E-state index in [9.17, 15) is 8.42 Å². The van der Waals surface area contributed by atoms with E-state index >= 15 is 0 Å². The highest BCUT2D eigenvalue weighted by Gasteiger charge is 2.12. The largest absolute Gasteiger partial charge is 0.378 e. The highest BCUT2D eigenvalue weighted by Crippen LogP contribution is 2.22. The Hall–Kier alpha value is -1.15. The zero-order valence-corrected chi connectivity index (χ0v) is 12.4. The molecule has 19 heavy (non-hydrogen) atoms. The summed E-state index contributed by atoms with van der Waals surface area (Å²) in [7, 11) is -3.71. The van der Waals surface area contributed by atoms with Crippen LogP contribution < -0.4 is 10.5 Å². The van der Waals surface area contributed by atoms with E-state index in [1.807, 2.05) is 0 Å². The highest BCUT2D eigenvalue weighted by molar-refractivity contribution is 7.89. The number of halogens is 1. The molecule has 2 rings (SSSR count). The number of sulfonamides is 1. The second-order valence-corrected chi connectivity index (χ2v) is 7.21. The molecule has 0 saturated heterocycles. The van der Waals surface area contributed by atoms with Crippen LogP contribution in [-0.4, -0.2) is 13.4 Å². The van der Waals surface area contributed by atoms with E-state index in [1.54, 1.807) is 25.3 Å². The summed E-state index contributed by atoms with van der Waals surface area (Å²) in [5, 5.41) is 9.06. The number of hydrogen-bond acceptors (Lipinski definition) is 5. The number of anilines is 1. The third-order valence-electron chi connectivity index (χ3n) is 2.46. The van der Waals surface area contributed by atoms with Gasteiger partial charge in [-0.3, -0.25) is 0 Å². The Kier molecular flexibility index (Phi) is 4.10. The Morgan fingerprint density at radius 3 is 2.79 bits per heavy atom. The summed E-state index contributed by atoms with van der Waals surface area (Å²) >= 11 is 7.15. The Morgan fingerprint density at radius 1 is 1.47 bits per heavy atom. The van der Waals surface area contributed by atoms with Gasteiger partial charge in [-0.25, -0.2) is 18.5 Å². The van der Waals surface area contributed by atoms with Gasteiger partial charge in [0.05, 0.1) is 17.6 Å². The molecule has 1 aromatic heterocycles. The minimum Gasteiger partial charge on any atom is -0.378 e. The van der Waals surface area contributed by atoms with Crippen LogP contribution in [0.4, 0.5) is 5.69 Å². The summed E-state index contributed by atoms with van der Waals surface area (Å²) in [6.07, 6.45) is 1.58. The summed E-state index contributed by atoms with van der Waals surface area (Å²) in [5.74, 6) is 0. The van der Waals surface area contributed by atoms with E-state index in [4.69, 9.17) is 16.7 Å². The number of aryl methyl sites for hydroxylation is 1. The number of hydrogen-bond donors (Lipinski definition) is 2. The van der Waals surface area contributed by atoms with Gasteiger partial charge in [0.15, 0.2) is 0 Å². The molecule has 0 saturated carbocycles. The van der Waals surface area contributed by atoms with Gasteiger partial charge in [0, 0.05) is 5.69 Å². The predicted octanol–water partition coefficient (Wildman–Crippen LogP) is 2.36. The molecule has 0 unspecified atom stereocenters. The molecule has 0 spiro atoms. The van der Waals surface area contributed by atoms with Crippen LogP contribution in [0.2, 0.25) is 4.34 Å². The lowest BCUT2D eigenvalue weighted by atomic mass is 10.2. The number of rotatable bonds is 4. The van der Waals surface area contributed by atoms with Gasteiger partial charge in [-0.15, -0.1) is 11.3 Å². The third kappa shape index (κ3) is 3.66. The fourth-order valence-electron chi connectivity index (χ4n) is 1.56. The van der Waals surface area contributed by atoms with Crippen LogP contribution >= 0.6 is 22.9 Å². The maximum absolute atomic E-state index is 11.4. The van der Waals surface area contributed by atoms with Crippen LogP contribution in [0.3, 0.4) is 0 Å². The van der Waals surface area contributed by atoms with Crippen LogP contribution in [0.1, 0.15) is 10.6 Å². The number of thiazole rings is 1. The van der Waals surface area contributed by atoms with Crippen molar-refractivity contribution >= 4 is 38.6 Å². The van der Waals surface area contributed by atoms with Crippen LogP contribution in [0.5, 0.6) is 0 Å². The van der Waals surface area contributed by atoms with Crippen molar-refractivity contribution in [3.63, 3.8) is 0 Å². The lowest BCUT2D eigenvalue weighted by molar-refractivity contribution is 0.597. The fraction of sp³-hybridized carbons (Fsp3) is 0.182.